The molecule has 122 valence electrons. The van der Waals surface area contributed by atoms with Crippen molar-refractivity contribution in [2.45, 2.75) is 13.1 Å². The van der Waals surface area contributed by atoms with Gasteiger partial charge in [0.25, 0.3) is 0 Å². The monoisotopic (exact) mass is 340 g/mol. The Morgan fingerprint density at radius 3 is 2.24 bits per heavy atom. The molecule has 2 aromatic rings. The zero-order chi connectivity index (χ0) is 18.4. The number of allylic oxidation sites excluding steroid dienone is 2. The van der Waals surface area contributed by atoms with Gasteiger partial charge in [-0.3, -0.25) is 14.8 Å². The molecule has 0 N–H and O–H groups in total. The molecule has 0 aromatic carbocycles. The summed E-state index contributed by atoms with van der Waals surface area (Å²) in [6.45, 7) is 1.69. The van der Waals surface area contributed by atoms with Crippen LogP contribution >= 0.6 is 0 Å². The van der Waals surface area contributed by atoms with Gasteiger partial charge >= 0.3 is 6.18 Å². The second-order valence-corrected chi connectivity index (χ2v) is 5.33. The van der Waals surface area contributed by atoms with Gasteiger partial charge in [-0.2, -0.15) is 23.7 Å². The number of pyridine rings is 2. The standard InChI is InChI=1S/C17H7F3N4O/c1-8-2-12-15(23-6-8)14-11(3-10(7-24-14)17(18,19)20)13(16(12)25)9(4-21)5-22/h2-3,6-7H,1H3. The second kappa shape index (κ2) is 5.53. The van der Waals surface area contributed by atoms with E-state index in [1.54, 1.807) is 19.1 Å². The minimum atomic E-state index is -4.68. The smallest absolute Gasteiger partial charge is 0.288 e. The summed E-state index contributed by atoms with van der Waals surface area (Å²) in [4.78, 5) is 20.6. The van der Waals surface area contributed by atoms with E-state index in [1.807, 2.05) is 0 Å². The number of rotatable bonds is 0. The lowest BCUT2D eigenvalue weighted by Crippen LogP contribution is -2.17. The summed E-state index contributed by atoms with van der Waals surface area (Å²) in [6, 6.07) is 5.35. The average Bonchev–Trinajstić information content (AvgIpc) is 2.57. The molecule has 2 aromatic heterocycles. The molecule has 5 nitrogen and oxygen atoms in total. The summed E-state index contributed by atoms with van der Waals surface area (Å²) in [6.07, 6.45) is -2.59. The van der Waals surface area contributed by atoms with Crippen molar-refractivity contribution in [1.82, 2.24) is 9.97 Å². The van der Waals surface area contributed by atoms with Gasteiger partial charge in [-0.1, -0.05) is 0 Å². The van der Waals surface area contributed by atoms with Gasteiger partial charge in [-0.25, -0.2) is 0 Å². The first kappa shape index (κ1) is 16.3. The third-order valence-corrected chi connectivity index (χ3v) is 3.68. The summed E-state index contributed by atoms with van der Waals surface area (Å²) in [5, 5.41) is 18.2. The van der Waals surface area contributed by atoms with Crippen molar-refractivity contribution < 1.29 is 18.0 Å². The Morgan fingerprint density at radius 1 is 1.04 bits per heavy atom. The molecule has 2 heterocycles. The number of aryl methyl sites for hydroxylation is 1. The van der Waals surface area contributed by atoms with Gasteiger partial charge in [-0.05, 0) is 24.6 Å². The molecule has 1 aliphatic rings. The number of aromatic nitrogens is 2. The highest BCUT2D eigenvalue weighted by Crippen LogP contribution is 2.41. The lowest BCUT2D eigenvalue weighted by Gasteiger charge is -2.21. The van der Waals surface area contributed by atoms with Crippen LogP contribution in [0.5, 0.6) is 0 Å². The van der Waals surface area contributed by atoms with Gasteiger partial charge in [0.05, 0.1) is 22.4 Å². The second-order valence-electron chi connectivity index (χ2n) is 5.33. The van der Waals surface area contributed by atoms with E-state index in [1.165, 1.54) is 12.3 Å². The largest absolute Gasteiger partial charge is 0.417 e. The molecule has 0 saturated heterocycles. The van der Waals surface area contributed by atoms with E-state index >= 15 is 0 Å². The number of carbonyl (C=O) groups excluding carboxylic acids is 1. The average molecular weight is 340 g/mol. The zero-order valence-electron chi connectivity index (χ0n) is 12.6. The molecule has 8 heteroatoms. The van der Waals surface area contributed by atoms with E-state index in [4.69, 9.17) is 10.5 Å². The summed E-state index contributed by atoms with van der Waals surface area (Å²) in [5.74, 6) is -0.724. The van der Waals surface area contributed by atoms with E-state index in [2.05, 4.69) is 9.97 Å². The Bertz CT molecular complexity index is 1020. The number of halogens is 3. The predicted octanol–water partition coefficient (Wildman–Crippen LogP) is 3.47. The van der Waals surface area contributed by atoms with Crippen molar-refractivity contribution in [3.05, 3.63) is 52.4 Å². The van der Waals surface area contributed by atoms with E-state index < -0.39 is 28.7 Å². The summed E-state index contributed by atoms with van der Waals surface area (Å²) < 4.78 is 39.0. The summed E-state index contributed by atoms with van der Waals surface area (Å²) in [5.41, 5.74) is -1.36. The number of nitrogens with zero attached hydrogens (tertiary/aromatic N) is 4. The molecule has 25 heavy (non-hydrogen) atoms. The normalized spacial score (nSPS) is 12.7. The van der Waals surface area contributed by atoms with Gasteiger partial charge in [0.1, 0.15) is 23.4 Å². The lowest BCUT2D eigenvalue weighted by atomic mass is 9.83. The highest BCUT2D eigenvalue weighted by Gasteiger charge is 2.37. The fraction of sp³-hybridized carbons (Fsp3) is 0.118. The van der Waals surface area contributed by atoms with Crippen molar-refractivity contribution in [3.8, 4) is 23.5 Å². The van der Waals surface area contributed by atoms with Crippen LogP contribution in [-0.4, -0.2) is 15.8 Å². The molecule has 0 unspecified atom stereocenters. The topological polar surface area (TPSA) is 90.4 Å². The molecule has 0 aliphatic heterocycles. The van der Waals surface area contributed by atoms with Crippen LogP contribution in [-0.2, 0) is 6.18 Å². The lowest BCUT2D eigenvalue weighted by molar-refractivity contribution is -0.137. The Hall–Kier alpha value is -3.52. The molecule has 1 aliphatic carbocycles. The number of ketones is 1. The Balaban J connectivity index is 2.44. The summed E-state index contributed by atoms with van der Waals surface area (Å²) in [7, 11) is 0. The minimum Gasteiger partial charge on any atom is -0.288 e. The quantitative estimate of drug-likeness (QED) is 0.541. The number of nitriles is 2. The zero-order valence-corrected chi connectivity index (χ0v) is 12.6. The Kier molecular flexibility index (Phi) is 3.62. The molecule has 0 amide bonds. The molecule has 0 atom stereocenters. The number of Topliss-reactive ketones (excluding diaryl/α,β-unsaturated/α-hetero) is 1. The van der Waals surface area contributed by atoms with Crippen molar-refractivity contribution in [2.24, 2.45) is 0 Å². The van der Waals surface area contributed by atoms with Crippen LogP contribution in [0.2, 0.25) is 0 Å². The summed E-state index contributed by atoms with van der Waals surface area (Å²) >= 11 is 0. The van der Waals surface area contributed by atoms with Crippen molar-refractivity contribution in [2.75, 3.05) is 0 Å². The first-order chi connectivity index (χ1) is 11.8. The first-order valence-electron chi connectivity index (χ1n) is 6.91. The number of hydrogen-bond donors (Lipinski definition) is 0. The molecule has 3 rings (SSSR count). The fourth-order valence-corrected chi connectivity index (χ4v) is 2.57. The minimum absolute atomic E-state index is 0.0283. The van der Waals surface area contributed by atoms with Crippen LogP contribution in [0.3, 0.4) is 0 Å². The van der Waals surface area contributed by atoms with E-state index in [-0.39, 0.29) is 22.5 Å². The molecular formula is C17H7F3N4O. The Labute approximate surface area is 139 Å². The van der Waals surface area contributed by atoms with Crippen LogP contribution in [0.15, 0.2) is 30.1 Å². The number of hydrogen-bond acceptors (Lipinski definition) is 5. The highest BCUT2D eigenvalue weighted by molar-refractivity contribution is 6.35. The number of alkyl halides is 3. The van der Waals surface area contributed by atoms with Gasteiger partial charge in [-0.15, -0.1) is 0 Å². The highest BCUT2D eigenvalue weighted by atomic mass is 19.4. The molecule has 0 fully saturated rings. The molecule has 0 spiro atoms. The van der Waals surface area contributed by atoms with Gasteiger partial charge in [0.2, 0.25) is 0 Å². The van der Waals surface area contributed by atoms with Crippen LogP contribution in [0.25, 0.3) is 17.0 Å². The maximum absolute atomic E-state index is 13.0. The van der Waals surface area contributed by atoms with Gasteiger partial charge < -0.3 is 0 Å². The van der Waals surface area contributed by atoms with Crippen molar-refractivity contribution >= 4 is 11.4 Å². The van der Waals surface area contributed by atoms with Gasteiger partial charge in [0, 0.05) is 18.0 Å². The maximum Gasteiger partial charge on any atom is 0.417 e. The SMILES string of the molecule is Cc1cnc2c(c1)C(=O)C(=C(C#N)C#N)c1cc(C(F)(F)F)cnc1-2. The van der Waals surface area contributed by atoms with E-state index in [0.29, 0.717) is 17.8 Å². The molecule has 0 saturated carbocycles. The third kappa shape index (κ3) is 2.54. The third-order valence-electron chi connectivity index (χ3n) is 3.68. The van der Waals surface area contributed by atoms with Crippen LogP contribution in [0.1, 0.15) is 27.0 Å². The van der Waals surface area contributed by atoms with Crippen LogP contribution in [0.4, 0.5) is 13.2 Å². The van der Waals surface area contributed by atoms with E-state index in [0.717, 1.165) is 0 Å². The van der Waals surface area contributed by atoms with Crippen molar-refractivity contribution in [1.29, 1.82) is 10.5 Å². The molecule has 0 radical (unpaired) electrons. The number of fused-ring (bicyclic) bond motifs is 3. The fourth-order valence-electron chi connectivity index (χ4n) is 2.57. The van der Waals surface area contributed by atoms with Crippen LogP contribution in [0, 0.1) is 29.6 Å². The first-order valence-corrected chi connectivity index (χ1v) is 6.91. The van der Waals surface area contributed by atoms with Crippen LogP contribution < -0.4 is 0 Å². The predicted molar refractivity (Wildman–Crippen MR) is 79.7 cm³/mol. The van der Waals surface area contributed by atoms with E-state index in [9.17, 15) is 18.0 Å². The molecule has 0 bridgehead atoms. The Morgan fingerprint density at radius 2 is 1.64 bits per heavy atom. The maximum atomic E-state index is 13.0. The number of carbonyl (C=O) groups is 1. The van der Waals surface area contributed by atoms with Crippen molar-refractivity contribution in [3.63, 3.8) is 0 Å². The molecular weight excluding hydrogens is 333 g/mol. The van der Waals surface area contributed by atoms with Gasteiger partial charge in [0.15, 0.2) is 5.78 Å².